The Morgan fingerprint density at radius 3 is 2.38 bits per heavy atom. The lowest BCUT2D eigenvalue weighted by atomic mass is 9.94. The Balaban J connectivity index is 2.28. The van der Waals surface area contributed by atoms with Gasteiger partial charge in [0.2, 0.25) is 0 Å². The molecule has 0 saturated carbocycles. The molecule has 0 spiro atoms. The standard InChI is InChI=1S/C11H22BrNO2S/c1-3-16(14,15)9-8-13-6-4-11(5-7-13)10(2)12/h10-11H,3-9H2,1-2H3. The van der Waals surface area contributed by atoms with Crippen LogP contribution in [-0.2, 0) is 9.84 Å². The Hall–Kier alpha value is 0.390. The van der Waals surface area contributed by atoms with Gasteiger partial charge >= 0.3 is 0 Å². The van der Waals surface area contributed by atoms with Crippen molar-refractivity contribution in [2.24, 2.45) is 5.92 Å². The van der Waals surface area contributed by atoms with Crippen LogP contribution in [0.4, 0.5) is 0 Å². The number of sulfone groups is 1. The number of hydrogen-bond acceptors (Lipinski definition) is 3. The van der Waals surface area contributed by atoms with Gasteiger partial charge < -0.3 is 4.90 Å². The largest absolute Gasteiger partial charge is 0.302 e. The van der Waals surface area contributed by atoms with E-state index in [0.29, 0.717) is 17.1 Å². The van der Waals surface area contributed by atoms with Gasteiger partial charge in [-0.2, -0.15) is 0 Å². The van der Waals surface area contributed by atoms with Crippen molar-refractivity contribution in [3.63, 3.8) is 0 Å². The lowest BCUT2D eigenvalue weighted by Crippen LogP contribution is -2.38. The molecular weight excluding hydrogens is 290 g/mol. The first-order valence-corrected chi connectivity index (χ1v) is 8.75. The molecule has 1 saturated heterocycles. The third-order valence-corrected chi connectivity index (χ3v) is 5.87. The molecule has 1 heterocycles. The second-order valence-corrected chi connectivity index (χ2v) is 8.51. The topological polar surface area (TPSA) is 37.4 Å². The maximum absolute atomic E-state index is 11.4. The summed E-state index contributed by atoms with van der Waals surface area (Å²) in [5, 5.41) is 0. The molecule has 3 nitrogen and oxygen atoms in total. The SMILES string of the molecule is CCS(=O)(=O)CCN1CCC(C(C)Br)CC1. The number of piperidine rings is 1. The average Bonchev–Trinajstić information content (AvgIpc) is 2.27. The van der Waals surface area contributed by atoms with Crippen LogP contribution >= 0.6 is 15.9 Å². The van der Waals surface area contributed by atoms with Crippen LogP contribution in [0.25, 0.3) is 0 Å². The normalized spacial score (nSPS) is 22.2. The summed E-state index contributed by atoms with van der Waals surface area (Å²) >= 11 is 3.62. The summed E-state index contributed by atoms with van der Waals surface area (Å²) in [6.07, 6.45) is 2.36. The number of likely N-dealkylation sites (tertiary alicyclic amines) is 1. The highest BCUT2D eigenvalue weighted by Crippen LogP contribution is 2.24. The Kier molecular flexibility index (Phi) is 5.74. The molecule has 1 rings (SSSR count). The summed E-state index contributed by atoms with van der Waals surface area (Å²) < 4.78 is 22.8. The molecule has 0 aliphatic carbocycles. The Bertz CT molecular complexity index is 295. The molecule has 1 aliphatic heterocycles. The minimum atomic E-state index is -2.80. The van der Waals surface area contributed by atoms with Crippen molar-refractivity contribution in [2.75, 3.05) is 31.1 Å². The third kappa shape index (κ3) is 4.72. The molecule has 0 aromatic carbocycles. The van der Waals surface area contributed by atoms with Crippen LogP contribution in [0.1, 0.15) is 26.7 Å². The van der Waals surface area contributed by atoms with E-state index in [1.165, 1.54) is 12.8 Å². The molecule has 16 heavy (non-hydrogen) atoms. The van der Waals surface area contributed by atoms with Gasteiger partial charge in [-0.15, -0.1) is 0 Å². The predicted molar refractivity (Wildman–Crippen MR) is 71.9 cm³/mol. The predicted octanol–water partition coefficient (Wildman–Crippen LogP) is 1.92. The first kappa shape index (κ1) is 14.5. The highest BCUT2D eigenvalue weighted by molar-refractivity contribution is 9.09. The zero-order valence-corrected chi connectivity index (χ0v) is 12.6. The van der Waals surface area contributed by atoms with Crippen LogP contribution in [-0.4, -0.2) is 49.3 Å². The Morgan fingerprint density at radius 2 is 1.94 bits per heavy atom. The van der Waals surface area contributed by atoms with E-state index < -0.39 is 9.84 Å². The van der Waals surface area contributed by atoms with Crippen LogP contribution in [0.2, 0.25) is 0 Å². The number of nitrogens with zero attached hydrogens (tertiary/aromatic N) is 1. The fourth-order valence-electron chi connectivity index (χ4n) is 2.05. The quantitative estimate of drug-likeness (QED) is 0.728. The second kappa shape index (κ2) is 6.36. The van der Waals surface area contributed by atoms with Crippen LogP contribution in [0.3, 0.4) is 0 Å². The Labute approximate surface area is 108 Å². The highest BCUT2D eigenvalue weighted by atomic mass is 79.9. The molecule has 5 heteroatoms. The van der Waals surface area contributed by atoms with Crippen molar-refractivity contribution in [1.29, 1.82) is 0 Å². The second-order valence-electron chi connectivity index (χ2n) is 4.59. The van der Waals surface area contributed by atoms with E-state index >= 15 is 0 Å². The van der Waals surface area contributed by atoms with E-state index in [4.69, 9.17) is 0 Å². The van der Waals surface area contributed by atoms with Crippen molar-refractivity contribution in [3.8, 4) is 0 Å². The van der Waals surface area contributed by atoms with Gasteiger partial charge in [-0.3, -0.25) is 0 Å². The fourth-order valence-corrected chi connectivity index (χ4v) is 3.40. The van der Waals surface area contributed by atoms with Gasteiger partial charge in [0.25, 0.3) is 0 Å². The van der Waals surface area contributed by atoms with E-state index in [2.05, 4.69) is 27.8 Å². The van der Waals surface area contributed by atoms with Gasteiger partial charge in [-0.25, -0.2) is 8.42 Å². The smallest absolute Gasteiger partial charge is 0.151 e. The summed E-state index contributed by atoms with van der Waals surface area (Å²) in [4.78, 5) is 2.85. The molecular formula is C11H22BrNO2S. The lowest BCUT2D eigenvalue weighted by molar-refractivity contribution is 0.194. The molecule has 96 valence electrons. The summed E-state index contributed by atoms with van der Waals surface area (Å²) in [5.74, 6) is 1.33. The molecule has 1 unspecified atom stereocenters. The van der Waals surface area contributed by atoms with E-state index in [-0.39, 0.29) is 5.75 Å². The van der Waals surface area contributed by atoms with Gasteiger partial charge in [0.15, 0.2) is 9.84 Å². The molecule has 0 amide bonds. The van der Waals surface area contributed by atoms with E-state index in [1.807, 2.05) is 0 Å². The summed E-state index contributed by atoms with van der Waals surface area (Å²) in [7, 11) is -2.80. The monoisotopic (exact) mass is 311 g/mol. The zero-order chi connectivity index (χ0) is 12.2. The maximum atomic E-state index is 11.4. The fraction of sp³-hybridized carbons (Fsp3) is 1.00. The highest BCUT2D eigenvalue weighted by Gasteiger charge is 2.22. The molecule has 1 atom stereocenters. The first-order valence-electron chi connectivity index (χ1n) is 6.01. The molecule has 0 bridgehead atoms. The minimum absolute atomic E-state index is 0.266. The number of alkyl halides is 1. The van der Waals surface area contributed by atoms with Crippen molar-refractivity contribution >= 4 is 25.8 Å². The lowest BCUT2D eigenvalue weighted by Gasteiger charge is -2.33. The minimum Gasteiger partial charge on any atom is -0.302 e. The summed E-state index contributed by atoms with van der Waals surface area (Å²) in [6, 6.07) is 0. The van der Waals surface area contributed by atoms with Gasteiger partial charge in [0, 0.05) is 17.1 Å². The van der Waals surface area contributed by atoms with Gasteiger partial charge in [0.1, 0.15) is 0 Å². The van der Waals surface area contributed by atoms with Crippen LogP contribution < -0.4 is 0 Å². The van der Waals surface area contributed by atoms with E-state index in [9.17, 15) is 8.42 Å². The first-order chi connectivity index (χ1) is 7.44. The molecule has 0 aromatic heterocycles. The zero-order valence-electron chi connectivity index (χ0n) is 10.2. The molecule has 1 fully saturated rings. The van der Waals surface area contributed by atoms with Crippen molar-refractivity contribution in [1.82, 2.24) is 4.90 Å². The maximum Gasteiger partial charge on any atom is 0.151 e. The van der Waals surface area contributed by atoms with Crippen molar-refractivity contribution in [2.45, 2.75) is 31.5 Å². The van der Waals surface area contributed by atoms with E-state index in [1.54, 1.807) is 6.92 Å². The van der Waals surface area contributed by atoms with Crippen LogP contribution in [0.15, 0.2) is 0 Å². The number of hydrogen-bond donors (Lipinski definition) is 0. The molecule has 1 aliphatic rings. The molecule has 0 N–H and O–H groups in total. The van der Waals surface area contributed by atoms with Gasteiger partial charge in [-0.1, -0.05) is 29.8 Å². The molecule has 0 radical (unpaired) electrons. The van der Waals surface area contributed by atoms with Crippen molar-refractivity contribution < 1.29 is 8.42 Å². The van der Waals surface area contributed by atoms with Crippen LogP contribution in [0, 0.1) is 5.92 Å². The van der Waals surface area contributed by atoms with Gasteiger partial charge in [0.05, 0.1) is 5.75 Å². The Morgan fingerprint density at radius 1 is 1.38 bits per heavy atom. The molecule has 0 aromatic rings. The number of rotatable bonds is 5. The van der Waals surface area contributed by atoms with E-state index in [0.717, 1.165) is 19.0 Å². The third-order valence-electron chi connectivity index (χ3n) is 3.44. The average molecular weight is 312 g/mol. The van der Waals surface area contributed by atoms with Gasteiger partial charge in [-0.05, 0) is 31.8 Å². The summed E-state index contributed by atoms with van der Waals surface area (Å²) in [5.41, 5.74) is 0. The number of halogens is 1. The summed E-state index contributed by atoms with van der Waals surface area (Å²) in [6.45, 7) is 6.70. The van der Waals surface area contributed by atoms with Crippen molar-refractivity contribution in [3.05, 3.63) is 0 Å². The van der Waals surface area contributed by atoms with Crippen LogP contribution in [0.5, 0.6) is 0 Å².